The molecule has 124 valence electrons. The quantitative estimate of drug-likeness (QED) is 0.841. The molecule has 9 heteroatoms. The Morgan fingerprint density at radius 3 is 2.52 bits per heavy atom. The molecule has 0 fully saturated rings. The summed E-state index contributed by atoms with van der Waals surface area (Å²) in [4.78, 5) is 11.8. The molecule has 1 N–H and O–H groups in total. The first-order chi connectivity index (χ1) is 10.7. The summed E-state index contributed by atoms with van der Waals surface area (Å²) in [5.74, 6) is -0.604. The predicted molar refractivity (Wildman–Crippen MR) is 81.0 cm³/mol. The number of anilines is 1. The van der Waals surface area contributed by atoms with Crippen molar-refractivity contribution in [1.29, 1.82) is 0 Å². The SMILES string of the molecule is Cc1c(Br)cnn1CCC(=O)Nc1ccc(OC(F)(F)F)cc1. The van der Waals surface area contributed by atoms with Crippen LogP contribution in [0.15, 0.2) is 34.9 Å². The molecule has 1 amide bonds. The van der Waals surface area contributed by atoms with Gasteiger partial charge in [-0.1, -0.05) is 0 Å². The number of halogens is 4. The van der Waals surface area contributed by atoms with E-state index in [1.807, 2.05) is 6.92 Å². The monoisotopic (exact) mass is 391 g/mol. The van der Waals surface area contributed by atoms with Crippen LogP contribution in [-0.4, -0.2) is 22.1 Å². The Bertz CT molecular complexity index is 684. The maximum atomic E-state index is 12.0. The van der Waals surface area contributed by atoms with Crippen molar-refractivity contribution in [2.75, 3.05) is 5.32 Å². The number of ether oxygens (including phenoxy) is 1. The molecule has 0 spiro atoms. The number of nitrogens with one attached hydrogen (secondary N) is 1. The van der Waals surface area contributed by atoms with Gasteiger partial charge in [-0.3, -0.25) is 9.48 Å². The van der Waals surface area contributed by atoms with Gasteiger partial charge in [-0.25, -0.2) is 0 Å². The summed E-state index contributed by atoms with van der Waals surface area (Å²) in [6, 6.07) is 4.96. The number of aromatic nitrogens is 2. The second kappa shape index (κ2) is 7.03. The van der Waals surface area contributed by atoms with Crippen molar-refractivity contribution in [3.63, 3.8) is 0 Å². The summed E-state index contributed by atoms with van der Waals surface area (Å²) in [5.41, 5.74) is 1.30. The number of amides is 1. The number of alkyl halides is 3. The van der Waals surface area contributed by atoms with Crippen molar-refractivity contribution >= 4 is 27.5 Å². The lowest BCUT2D eigenvalue weighted by molar-refractivity contribution is -0.274. The molecule has 1 heterocycles. The van der Waals surface area contributed by atoms with E-state index in [1.54, 1.807) is 10.9 Å². The first kappa shape index (κ1) is 17.3. The van der Waals surface area contributed by atoms with Gasteiger partial charge in [0.15, 0.2) is 0 Å². The molecule has 1 aromatic carbocycles. The van der Waals surface area contributed by atoms with Crippen LogP contribution in [0.25, 0.3) is 0 Å². The molecule has 0 radical (unpaired) electrons. The van der Waals surface area contributed by atoms with E-state index < -0.39 is 6.36 Å². The number of rotatable bonds is 5. The Labute approximate surface area is 138 Å². The highest BCUT2D eigenvalue weighted by Gasteiger charge is 2.30. The molecule has 2 aromatic rings. The summed E-state index contributed by atoms with van der Waals surface area (Å²) in [5, 5.41) is 6.71. The molecule has 0 saturated heterocycles. The molecule has 23 heavy (non-hydrogen) atoms. The molecule has 0 aliphatic heterocycles. The fraction of sp³-hybridized carbons (Fsp3) is 0.286. The van der Waals surface area contributed by atoms with E-state index in [2.05, 4.69) is 31.1 Å². The van der Waals surface area contributed by atoms with Gasteiger partial charge in [-0.05, 0) is 47.1 Å². The lowest BCUT2D eigenvalue weighted by atomic mass is 10.3. The van der Waals surface area contributed by atoms with Crippen LogP contribution in [0.2, 0.25) is 0 Å². The number of aryl methyl sites for hydroxylation is 1. The van der Waals surface area contributed by atoms with Gasteiger partial charge in [-0.15, -0.1) is 13.2 Å². The molecule has 0 saturated carbocycles. The number of hydrogen-bond donors (Lipinski definition) is 1. The van der Waals surface area contributed by atoms with Gasteiger partial charge in [0.25, 0.3) is 0 Å². The minimum absolute atomic E-state index is 0.190. The average Bonchev–Trinajstić information content (AvgIpc) is 2.77. The van der Waals surface area contributed by atoms with E-state index in [0.717, 1.165) is 22.3 Å². The Morgan fingerprint density at radius 1 is 1.35 bits per heavy atom. The van der Waals surface area contributed by atoms with Gasteiger partial charge in [-0.2, -0.15) is 5.10 Å². The van der Waals surface area contributed by atoms with Crippen LogP contribution in [0, 0.1) is 6.92 Å². The van der Waals surface area contributed by atoms with E-state index >= 15 is 0 Å². The van der Waals surface area contributed by atoms with Gasteiger partial charge in [0, 0.05) is 17.8 Å². The molecule has 2 rings (SSSR count). The largest absolute Gasteiger partial charge is 0.573 e. The van der Waals surface area contributed by atoms with E-state index in [4.69, 9.17) is 0 Å². The molecule has 5 nitrogen and oxygen atoms in total. The minimum Gasteiger partial charge on any atom is -0.406 e. The normalized spacial score (nSPS) is 11.3. The fourth-order valence-corrected chi connectivity index (χ4v) is 2.12. The molecule has 0 atom stereocenters. The van der Waals surface area contributed by atoms with Crippen molar-refractivity contribution < 1.29 is 22.7 Å². The molecule has 0 bridgehead atoms. The van der Waals surface area contributed by atoms with Crippen molar-refractivity contribution in [2.24, 2.45) is 0 Å². The maximum Gasteiger partial charge on any atom is 0.573 e. The lowest BCUT2D eigenvalue weighted by Crippen LogP contribution is -2.17. The Balaban J connectivity index is 1.86. The standard InChI is InChI=1S/C14H13BrF3N3O2/c1-9-12(15)8-19-21(9)7-6-13(22)20-10-2-4-11(5-3-10)23-14(16,17)18/h2-5,8H,6-7H2,1H3,(H,20,22). The highest BCUT2D eigenvalue weighted by Crippen LogP contribution is 2.24. The van der Waals surface area contributed by atoms with Crippen molar-refractivity contribution in [3.05, 3.63) is 40.6 Å². The summed E-state index contributed by atoms with van der Waals surface area (Å²) < 4.78 is 42.4. The third-order valence-corrected chi connectivity index (χ3v) is 3.74. The Hall–Kier alpha value is -2.03. The molecular formula is C14H13BrF3N3O2. The van der Waals surface area contributed by atoms with Crippen LogP contribution in [0.3, 0.4) is 0 Å². The molecule has 0 unspecified atom stereocenters. The maximum absolute atomic E-state index is 12.0. The topological polar surface area (TPSA) is 56.2 Å². The van der Waals surface area contributed by atoms with E-state index in [0.29, 0.717) is 12.2 Å². The fourth-order valence-electron chi connectivity index (χ4n) is 1.82. The van der Waals surface area contributed by atoms with E-state index in [9.17, 15) is 18.0 Å². The van der Waals surface area contributed by atoms with Crippen LogP contribution in [-0.2, 0) is 11.3 Å². The van der Waals surface area contributed by atoms with Gasteiger partial charge in [0.2, 0.25) is 5.91 Å². The van der Waals surface area contributed by atoms with Gasteiger partial charge < -0.3 is 10.1 Å². The highest BCUT2D eigenvalue weighted by atomic mass is 79.9. The van der Waals surface area contributed by atoms with Gasteiger partial charge >= 0.3 is 6.36 Å². The first-order valence-corrected chi connectivity index (χ1v) is 7.37. The summed E-state index contributed by atoms with van der Waals surface area (Å²) in [6.07, 6.45) is -2.90. The Kier molecular flexibility index (Phi) is 5.30. The summed E-state index contributed by atoms with van der Waals surface area (Å²) in [6.45, 7) is 2.27. The minimum atomic E-state index is -4.74. The first-order valence-electron chi connectivity index (χ1n) is 6.58. The number of hydrogen-bond acceptors (Lipinski definition) is 3. The Morgan fingerprint density at radius 2 is 2.00 bits per heavy atom. The second-order valence-corrected chi connectivity index (χ2v) is 5.53. The zero-order chi connectivity index (χ0) is 17.0. The van der Waals surface area contributed by atoms with Crippen molar-refractivity contribution in [1.82, 2.24) is 9.78 Å². The second-order valence-electron chi connectivity index (χ2n) is 4.67. The van der Waals surface area contributed by atoms with Crippen LogP contribution in [0.5, 0.6) is 5.75 Å². The molecule has 0 aliphatic rings. The number of carbonyl (C=O) groups is 1. The molecular weight excluding hydrogens is 379 g/mol. The third kappa shape index (κ3) is 5.27. The number of carbonyl (C=O) groups excluding carboxylic acids is 1. The number of nitrogens with zero attached hydrogens (tertiary/aromatic N) is 2. The summed E-state index contributed by atoms with van der Waals surface area (Å²) >= 11 is 3.33. The van der Waals surface area contributed by atoms with E-state index in [-0.39, 0.29) is 18.1 Å². The van der Waals surface area contributed by atoms with E-state index in [1.165, 1.54) is 12.1 Å². The molecule has 0 aliphatic carbocycles. The predicted octanol–water partition coefficient (Wildman–Crippen LogP) is 3.88. The van der Waals surface area contributed by atoms with Crippen LogP contribution >= 0.6 is 15.9 Å². The lowest BCUT2D eigenvalue weighted by Gasteiger charge is -2.10. The van der Waals surface area contributed by atoms with Crippen molar-refractivity contribution in [2.45, 2.75) is 26.3 Å². The molecule has 1 aromatic heterocycles. The summed E-state index contributed by atoms with van der Waals surface area (Å²) in [7, 11) is 0. The smallest absolute Gasteiger partial charge is 0.406 e. The van der Waals surface area contributed by atoms with Crippen LogP contribution in [0.4, 0.5) is 18.9 Å². The average molecular weight is 392 g/mol. The zero-order valence-corrected chi connectivity index (χ0v) is 13.6. The highest BCUT2D eigenvalue weighted by molar-refractivity contribution is 9.10. The van der Waals surface area contributed by atoms with Crippen molar-refractivity contribution in [3.8, 4) is 5.75 Å². The van der Waals surface area contributed by atoms with Gasteiger partial charge in [0.1, 0.15) is 5.75 Å². The van der Waals surface area contributed by atoms with Crippen LogP contribution < -0.4 is 10.1 Å². The van der Waals surface area contributed by atoms with Crippen LogP contribution in [0.1, 0.15) is 12.1 Å². The number of benzene rings is 1. The van der Waals surface area contributed by atoms with Gasteiger partial charge in [0.05, 0.1) is 17.2 Å². The third-order valence-electron chi connectivity index (χ3n) is 2.97. The zero-order valence-electron chi connectivity index (χ0n) is 12.0.